The van der Waals surface area contributed by atoms with E-state index in [0.29, 0.717) is 13.0 Å². The van der Waals surface area contributed by atoms with Crippen LogP contribution in [0.25, 0.3) is 0 Å². The second-order valence-electron chi connectivity index (χ2n) is 5.87. The lowest BCUT2D eigenvalue weighted by Crippen LogP contribution is -2.31. The molecule has 0 heterocycles. The third-order valence-electron chi connectivity index (χ3n) is 3.18. The lowest BCUT2D eigenvalue weighted by atomic mass is 9.95. The summed E-state index contributed by atoms with van der Waals surface area (Å²) in [5, 5.41) is 0. The van der Waals surface area contributed by atoms with Crippen molar-refractivity contribution in [3.05, 3.63) is 29.8 Å². The molecule has 130 valence electrons. The maximum absolute atomic E-state index is 11.9. The predicted molar refractivity (Wildman–Crippen MR) is 85.5 cm³/mol. The van der Waals surface area contributed by atoms with Gasteiger partial charge in [0.2, 0.25) is 0 Å². The third kappa shape index (κ3) is 6.29. The zero-order chi connectivity index (χ0) is 17.5. The van der Waals surface area contributed by atoms with E-state index in [4.69, 9.17) is 8.92 Å². The van der Waals surface area contributed by atoms with Gasteiger partial charge in [-0.15, -0.1) is 0 Å². The van der Waals surface area contributed by atoms with Gasteiger partial charge in [-0.3, -0.25) is 8.98 Å². The summed E-state index contributed by atoms with van der Waals surface area (Å²) in [5.41, 5.74) is 0.245. The first-order valence-electron chi connectivity index (χ1n) is 7.31. The van der Waals surface area contributed by atoms with Crippen LogP contribution in [-0.4, -0.2) is 41.3 Å². The summed E-state index contributed by atoms with van der Waals surface area (Å²) in [6.07, 6.45) is 0.405. The smallest absolute Gasteiger partial charge is 0.313 e. The summed E-state index contributed by atoms with van der Waals surface area (Å²) < 4.78 is 38.9. The minimum Gasteiger partial charge on any atom is -0.469 e. The number of esters is 1. The molecule has 0 unspecified atom stereocenters. The van der Waals surface area contributed by atoms with E-state index < -0.39 is 15.5 Å². The van der Waals surface area contributed by atoms with Gasteiger partial charge in [0.1, 0.15) is 0 Å². The van der Waals surface area contributed by atoms with Gasteiger partial charge in [-0.1, -0.05) is 17.7 Å². The first kappa shape index (κ1) is 19.6. The minimum absolute atomic E-state index is 0.0227. The third-order valence-corrected chi connectivity index (χ3v) is 4.51. The van der Waals surface area contributed by atoms with E-state index in [1.807, 2.05) is 6.92 Å². The number of carbonyl (C=O) groups excluding carboxylic acids is 1. The van der Waals surface area contributed by atoms with E-state index in [2.05, 4.69) is 4.74 Å². The van der Waals surface area contributed by atoms with Gasteiger partial charge in [-0.2, -0.15) is 8.42 Å². The molecule has 1 aromatic carbocycles. The Labute approximate surface area is 137 Å². The Morgan fingerprint density at radius 2 is 1.74 bits per heavy atom. The Morgan fingerprint density at radius 1 is 1.13 bits per heavy atom. The molecule has 0 aliphatic carbocycles. The van der Waals surface area contributed by atoms with Crippen molar-refractivity contribution in [3.63, 3.8) is 0 Å². The van der Waals surface area contributed by atoms with Crippen LogP contribution in [0.3, 0.4) is 0 Å². The van der Waals surface area contributed by atoms with Crippen LogP contribution < -0.4 is 0 Å². The molecule has 0 saturated heterocycles. The molecule has 0 spiro atoms. The molecule has 0 bridgehead atoms. The first-order valence-corrected chi connectivity index (χ1v) is 8.72. The molecule has 1 aromatic rings. The molecule has 0 radical (unpaired) electrons. The van der Waals surface area contributed by atoms with Gasteiger partial charge in [0.25, 0.3) is 10.1 Å². The van der Waals surface area contributed by atoms with E-state index in [9.17, 15) is 13.2 Å². The van der Waals surface area contributed by atoms with Crippen LogP contribution in [0.4, 0.5) is 0 Å². The van der Waals surface area contributed by atoms with Crippen LogP contribution in [0.15, 0.2) is 29.2 Å². The second kappa shape index (κ2) is 8.42. The number of aryl methyl sites for hydroxylation is 1. The monoisotopic (exact) mass is 344 g/mol. The fourth-order valence-corrected chi connectivity index (χ4v) is 2.71. The molecular weight excluding hydrogens is 320 g/mol. The number of hydrogen-bond acceptors (Lipinski definition) is 6. The Bertz CT molecular complexity index is 604. The van der Waals surface area contributed by atoms with E-state index in [1.54, 1.807) is 26.0 Å². The molecule has 6 nitrogen and oxygen atoms in total. The van der Waals surface area contributed by atoms with Crippen molar-refractivity contribution in [2.24, 2.45) is 5.41 Å². The van der Waals surface area contributed by atoms with Crippen LogP contribution in [0, 0.1) is 12.3 Å². The topological polar surface area (TPSA) is 78.9 Å². The van der Waals surface area contributed by atoms with Crippen molar-refractivity contribution >= 4 is 16.1 Å². The van der Waals surface area contributed by atoms with Gasteiger partial charge in [0.15, 0.2) is 0 Å². The zero-order valence-corrected chi connectivity index (χ0v) is 14.8. The van der Waals surface area contributed by atoms with Gasteiger partial charge in [-0.25, -0.2) is 0 Å². The van der Waals surface area contributed by atoms with Crippen LogP contribution in [0.2, 0.25) is 0 Å². The van der Waals surface area contributed by atoms with E-state index in [-0.39, 0.29) is 24.1 Å². The maximum Gasteiger partial charge on any atom is 0.313 e. The normalized spacial score (nSPS) is 12.2. The Balaban J connectivity index is 2.32. The fourth-order valence-electron chi connectivity index (χ4n) is 1.77. The van der Waals surface area contributed by atoms with Gasteiger partial charge < -0.3 is 9.47 Å². The highest BCUT2D eigenvalue weighted by molar-refractivity contribution is 7.86. The first-order chi connectivity index (χ1) is 10.7. The molecule has 0 atom stereocenters. The highest BCUT2D eigenvalue weighted by atomic mass is 32.2. The Morgan fingerprint density at radius 3 is 2.30 bits per heavy atom. The second-order valence-corrected chi connectivity index (χ2v) is 7.49. The number of benzene rings is 1. The van der Waals surface area contributed by atoms with Gasteiger partial charge in [0.05, 0.1) is 30.6 Å². The number of carbonyl (C=O) groups is 1. The van der Waals surface area contributed by atoms with Gasteiger partial charge >= 0.3 is 5.97 Å². The van der Waals surface area contributed by atoms with Crippen molar-refractivity contribution in [1.29, 1.82) is 0 Å². The van der Waals surface area contributed by atoms with Crippen LogP contribution in [0.1, 0.15) is 25.8 Å². The molecule has 0 aliphatic heterocycles. The van der Waals surface area contributed by atoms with Crippen LogP contribution in [0.5, 0.6) is 0 Å². The molecular formula is C16H24O6S. The molecule has 7 heteroatoms. The fraction of sp³-hybridized carbons (Fsp3) is 0.562. The van der Waals surface area contributed by atoms with Crippen molar-refractivity contribution in [2.75, 3.05) is 26.9 Å². The SMILES string of the molecule is COC(=O)C(C)(C)COCCCOS(=O)(=O)c1ccc(C)cc1. The summed E-state index contributed by atoms with van der Waals surface area (Å²) in [6, 6.07) is 6.46. The maximum atomic E-state index is 11.9. The lowest BCUT2D eigenvalue weighted by molar-refractivity contribution is -0.154. The lowest BCUT2D eigenvalue weighted by Gasteiger charge is -2.21. The number of rotatable bonds is 9. The minimum atomic E-state index is -3.74. The highest BCUT2D eigenvalue weighted by Crippen LogP contribution is 2.17. The van der Waals surface area contributed by atoms with Crippen molar-refractivity contribution < 1.29 is 26.9 Å². The standard InChI is InChI=1S/C16H24O6S/c1-13-6-8-14(9-7-13)23(18,19)22-11-5-10-21-12-16(2,3)15(17)20-4/h6-9H,5,10-12H2,1-4H3. The Hall–Kier alpha value is -1.44. The van der Waals surface area contributed by atoms with E-state index in [0.717, 1.165) is 5.56 Å². The van der Waals surface area contributed by atoms with Gasteiger partial charge in [-0.05, 0) is 39.3 Å². The number of methoxy groups -OCH3 is 1. The largest absolute Gasteiger partial charge is 0.469 e. The molecule has 0 saturated carbocycles. The Kier molecular flexibility index (Phi) is 7.18. The summed E-state index contributed by atoms with van der Waals surface area (Å²) in [5.74, 6) is -0.351. The molecule has 1 rings (SSSR count). The van der Waals surface area contributed by atoms with Crippen LogP contribution >= 0.6 is 0 Å². The number of hydrogen-bond donors (Lipinski definition) is 0. The quantitative estimate of drug-likeness (QED) is 0.388. The molecule has 0 amide bonds. The highest BCUT2D eigenvalue weighted by Gasteiger charge is 2.28. The zero-order valence-electron chi connectivity index (χ0n) is 14.0. The summed E-state index contributed by atoms with van der Waals surface area (Å²) in [7, 11) is -2.41. The molecule has 0 N–H and O–H groups in total. The van der Waals surface area contributed by atoms with Crippen molar-refractivity contribution in [1.82, 2.24) is 0 Å². The van der Waals surface area contributed by atoms with E-state index in [1.165, 1.54) is 19.2 Å². The van der Waals surface area contributed by atoms with Crippen molar-refractivity contribution in [3.8, 4) is 0 Å². The van der Waals surface area contributed by atoms with Crippen molar-refractivity contribution in [2.45, 2.75) is 32.1 Å². The number of ether oxygens (including phenoxy) is 2. The van der Waals surface area contributed by atoms with E-state index >= 15 is 0 Å². The van der Waals surface area contributed by atoms with Gasteiger partial charge in [0, 0.05) is 6.61 Å². The predicted octanol–water partition coefficient (Wildman–Crippen LogP) is 2.31. The average molecular weight is 344 g/mol. The van der Waals surface area contributed by atoms with Crippen LogP contribution in [-0.2, 0) is 28.6 Å². The summed E-state index contributed by atoms with van der Waals surface area (Å²) in [6.45, 7) is 5.84. The summed E-state index contributed by atoms with van der Waals surface area (Å²) >= 11 is 0. The summed E-state index contributed by atoms with van der Waals surface area (Å²) in [4.78, 5) is 11.6. The molecule has 0 aliphatic rings. The molecule has 23 heavy (non-hydrogen) atoms. The average Bonchev–Trinajstić information content (AvgIpc) is 2.50. The molecule has 0 fully saturated rings. The molecule has 0 aromatic heterocycles.